The second-order valence-corrected chi connectivity index (χ2v) is 6.95. The molecule has 1 heterocycles. The first-order chi connectivity index (χ1) is 13.4. The van der Waals surface area contributed by atoms with Crippen LogP contribution in [0.25, 0.3) is 0 Å². The molecule has 0 atom stereocenters. The number of hydrogen-bond donors (Lipinski definition) is 2. The molecule has 0 saturated carbocycles. The van der Waals surface area contributed by atoms with Gasteiger partial charge in [0.15, 0.2) is 0 Å². The average Bonchev–Trinajstić information content (AvgIpc) is 2.68. The Morgan fingerprint density at radius 1 is 0.893 bits per heavy atom. The monoisotopic (exact) mass is 373 g/mol. The number of benzene rings is 2. The number of carbonyl (C=O) groups excluding carboxylic acids is 2. The molecule has 0 aliphatic rings. The van der Waals surface area contributed by atoms with Crippen LogP contribution >= 0.6 is 0 Å². The number of para-hydroxylation sites is 1. The smallest absolute Gasteiger partial charge is 0.274 e. The van der Waals surface area contributed by atoms with Crippen LogP contribution in [0.2, 0.25) is 0 Å². The van der Waals surface area contributed by atoms with E-state index in [1.165, 1.54) is 12.3 Å². The largest absolute Gasteiger partial charge is 0.322 e. The van der Waals surface area contributed by atoms with E-state index in [1.54, 1.807) is 6.07 Å². The maximum atomic E-state index is 12.7. The molecule has 0 fully saturated rings. The van der Waals surface area contributed by atoms with Gasteiger partial charge >= 0.3 is 0 Å². The molecule has 2 amide bonds. The first-order valence-electron chi connectivity index (χ1n) is 9.18. The maximum absolute atomic E-state index is 12.7. The van der Waals surface area contributed by atoms with E-state index in [4.69, 9.17) is 0 Å². The lowest BCUT2D eigenvalue weighted by atomic mass is 10.0. The highest BCUT2D eigenvalue weighted by molar-refractivity contribution is 6.08. The Morgan fingerprint density at radius 2 is 1.68 bits per heavy atom. The highest BCUT2D eigenvalue weighted by Gasteiger charge is 2.14. The molecule has 5 nitrogen and oxygen atoms in total. The van der Waals surface area contributed by atoms with Crippen molar-refractivity contribution in [3.63, 3.8) is 0 Å². The van der Waals surface area contributed by atoms with Gasteiger partial charge in [-0.2, -0.15) is 0 Å². The van der Waals surface area contributed by atoms with Crippen LogP contribution in [0, 0.1) is 6.92 Å². The zero-order chi connectivity index (χ0) is 20.1. The number of nitrogens with one attached hydrogen (secondary N) is 2. The minimum atomic E-state index is -0.358. The molecule has 1 aromatic heterocycles. The van der Waals surface area contributed by atoms with E-state index in [0.717, 1.165) is 16.8 Å². The van der Waals surface area contributed by atoms with Gasteiger partial charge in [-0.15, -0.1) is 0 Å². The van der Waals surface area contributed by atoms with Gasteiger partial charge < -0.3 is 10.6 Å². The minimum absolute atomic E-state index is 0.186. The van der Waals surface area contributed by atoms with Gasteiger partial charge in [0.05, 0.1) is 0 Å². The normalized spacial score (nSPS) is 10.6. The summed E-state index contributed by atoms with van der Waals surface area (Å²) in [6, 6.07) is 18.3. The second kappa shape index (κ2) is 8.48. The molecule has 5 heteroatoms. The van der Waals surface area contributed by atoms with E-state index in [9.17, 15) is 9.59 Å². The quantitative estimate of drug-likeness (QED) is 0.660. The number of aromatic nitrogens is 1. The summed E-state index contributed by atoms with van der Waals surface area (Å²) in [6.45, 7) is 6.10. The van der Waals surface area contributed by atoms with Crippen LogP contribution in [0.4, 0.5) is 11.4 Å². The van der Waals surface area contributed by atoms with Gasteiger partial charge in [-0.3, -0.25) is 14.6 Å². The minimum Gasteiger partial charge on any atom is -0.322 e. The number of pyridine rings is 1. The fraction of sp³-hybridized carbons (Fsp3) is 0.174. The Balaban J connectivity index is 1.77. The summed E-state index contributed by atoms with van der Waals surface area (Å²) in [4.78, 5) is 29.3. The van der Waals surface area contributed by atoms with Crippen molar-refractivity contribution in [2.45, 2.75) is 26.7 Å². The van der Waals surface area contributed by atoms with Gasteiger partial charge in [-0.05, 0) is 54.3 Å². The van der Waals surface area contributed by atoms with Gasteiger partial charge in [0, 0.05) is 23.1 Å². The summed E-state index contributed by atoms with van der Waals surface area (Å²) in [5.41, 5.74) is 4.12. The van der Waals surface area contributed by atoms with Crippen molar-refractivity contribution >= 4 is 23.2 Å². The highest BCUT2D eigenvalue weighted by atomic mass is 16.2. The topological polar surface area (TPSA) is 71.1 Å². The molecular weight excluding hydrogens is 350 g/mol. The molecule has 0 aliphatic heterocycles. The van der Waals surface area contributed by atoms with Gasteiger partial charge in [0.25, 0.3) is 11.8 Å². The van der Waals surface area contributed by atoms with Crippen LogP contribution in [-0.2, 0) is 0 Å². The van der Waals surface area contributed by atoms with E-state index < -0.39 is 0 Å². The fourth-order valence-electron chi connectivity index (χ4n) is 2.92. The van der Waals surface area contributed by atoms with Gasteiger partial charge in [-0.1, -0.05) is 44.2 Å². The molecule has 142 valence electrons. The van der Waals surface area contributed by atoms with Crippen LogP contribution in [0.5, 0.6) is 0 Å². The number of hydrogen-bond acceptors (Lipinski definition) is 3. The van der Waals surface area contributed by atoms with E-state index in [2.05, 4.69) is 29.5 Å². The summed E-state index contributed by atoms with van der Waals surface area (Å²) in [7, 11) is 0. The first kappa shape index (κ1) is 19.3. The van der Waals surface area contributed by atoms with E-state index in [-0.39, 0.29) is 23.4 Å². The van der Waals surface area contributed by atoms with E-state index >= 15 is 0 Å². The lowest BCUT2D eigenvalue weighted by Gasteiger charge is -2.14. The molecule has 3 aromatic rings. The van der Waals surface area contributed by atoms with E-state index in [0.29, 0.717) is 11.3 Å². The Hall–Kier alpha value is -3.47. The molecule has 0 radical (unpaired) electrons. The second-order valence-electron chi connectivity index (χ2n) is 6.95. The SMILES string of the molecule is Cc1cccc(NC(=O)c2cc(C(=O)Nc3ccccc3C(C)C)ccn2)c1. The number of aryl methyl sites for hydroxylation is 1. The molecule has 2 aromatic carbocycles. The molecule has 0 spiro atoms. The molecule has 3 rings (SSSR count). The number of amides is 2. The van der Waals surface area contributed by atoms with Crippen molar-refractivity contribution in [2.75, 3.05) is 10.6 Å². The van der Waals surface area contributed by atoms with Crippen LogP contribution in [-0.4, -0.2) is 16.8 Å². The van der Waals surface area contributed by atoms with Gasteiger partial charge in [-0.25, -0.2) is 0 Å². The zero-order valence-corrected chi connectivity index (χ0v) is 16.2. The molecule has 0 saturated heterocycles. The Bertz CT molecular complexity index is 1010. The van der Waals surface area contributed by atoms with Crippen molar-refractivity contribution < 1.29 is 9.59 Å². The summed E-state index contributed by atoms with van der Waals surface area (Å²) >= 11 is 0. The summed E-state index contributed by atoms with van der Waals surface area (Å²) in [5.74, 6) is -0.354. The van der Waals surface area contributed by atoms with Gasteiger partial charge in [0.2, 0.25) is 0 Å². The molecule has 28 heavy (non-hydrogen) atoms. The number of rotatable bonds is 5. The first-order valence-corrected chi connectivity index (χ1v) is 9.18. The van der Waals surface area contributed by atoms with Crippen molar-refractivity contribution in [2.24, 2.45) is 0 Å². The standard InChI is InChI=1S/C23H23N3O2/c1-15(2)19-9-4-5-10-20(19)26-22(27)17-11-12-24-21(14-17)23(28)25-18-8-6-7-16(3)13-18/h4-15H,1-3H3,(H,25,28)(H,26,27). The lowest BCUT2D eigenvalue weighted by molar-refractivity contribution is 0.102. The van der Waals surface area contributed by atoms with Gasteiger partial charge in [0.1, 0.15) is 5.69 Å². The summed E-state index contributed by atoms with van der Waals surface area (Å²) < 4.78 is 0. The number of nitrogens with zero attached hydrogens (tertiary/aromatic N) is 1. The molecule has 0 bridgehead atoms. The predicted octanol–water partition coefficient (Wildman–Crippen LogP) is 5.02. The average molecular weight is 373 g/mol. The summed E-state index contributed by atoms with van der Waals surface area (Å²) in [5, 5.41) is 5.74. The van der Waals surface area contributed by atoms with Crippen molar-refractivity contribution in [1.29, 1.82) is 0 Å². The van der Waals surface area contributed by atoms with Crippen LogP contribution in [0.3, 0.4) is 0 Å². The van der Waals surface area contributed by atoms with Crippen LogP contribution in [0.1, 0.15) is 51.7 Å². The molecular formula is C23H23N3O2. The van der Waals surface area contributed by atoms with Crippen molar-refractivity contribution in [1.82, 2.24) is 4.98 Å². The Labute approximate surface area is 164 Å². The third kappa shape index (κ3) is 4.62. The Morgan fingerprint density at radius 3 is 2.43 bits per heavy atom. The van der Waals surface area contributed by atoms with Crippen LogP contribution < -0.4 is 10.6 Å². The highest BCUT2D eigenvalue weighted by Crippen LogP contribution is 2.24. The van der Waals surface area contributed by atoms with Crippen molar-refractivity contribution in [3.05, 3.63) is 89.2 Å². The third-order valence-electron chi connectivity index (χ3n) is 4.36. The van der Waals surface area contributed by atoms with Crippen molar-refractivity contribution in [3.8, 4) is 0 Å². The zero-order valence-electron chi connectivity index (χ0n) is 16.2. The predicted molar refractivity (Wildman–Crippen MR) is 112 cm³/mol. The molecule has 2 N–H and O–H groups in total. The number of carbonyl (C=O) groups is 2. The lowest BCUT2D eigenvalue weighted by Crippen LogP contribution is -2.17. The number of anilines is 2. The van der Waals surface area contributed by atoms with Crippen LogP contribution in [0.15, 0.2) is 66.9 Å². The molecule has 0 unspecified atom stereocenters. The molecule has 0 aliphatic carbocycles. The fourth-order valence-corrected chi connectivity index (χ4v) is 2.92. The van der Waals surface area contributed by atoms with E-state index in [1.807, 2.05) is 55.5 Å². The third-order valence-corrected chi connectivity index (χ3v) is 4.36. The Kier molecular flexibility index (Phi) is 5.84. The maximum Gasteiger partial charge on any atom is 0.274 e. The summed E-state index contributed by atoms with van der Waals surface area (Å²) in [6.07, 6.45) is 1.47.